The Morgan fingerprint density at radius 1 is 1.25 bits per heavy atom. The van der Waals surface area contributed by atoms with Crippen molar-refractivity contribution in [2.45, 2.75) is 53.3 Å². The van der Waals surface area contributed by atoms with Crippen molar-refractivity contribution in [1.29, 1.82) is 0 Å². The lowest BCUT2D eigenvalue weighted by molar-refractivity contribution is -0.222. The fraction of sp³-hybridized carbons (Fsp3) is 0.909. The maximum absolute atomic E-state index is 12.2. The Bertz CT molecular complexity index is 248. The van der Waals surface area contributed by atoms with Gasteiger partial charge in [0.15, 0.2) is 6.10 Å². The maximum Gasteiger partial charge on any atom is 0.425 e. The van der Waals surface area contributed by atoms with E-state index in [-0.39, 0.29) is 5.92 Å². The molecule has 0 aromatic rings. The molecule has 0 aromatic carbocycles. The number of ether oxygens (including phenoxy) is 1. The predicted octanol–water partition coefficient (Wildman–Crippen LogP) is 3.55. The molecule has 0 aliphatic heterocycles. The van der Waals surface area contributed by atoms with Crippen LogP contribution in [0.15, 0.2) is 0 Å². The van der Waals surface area contributed by atoms with Crippen LogP contribution in [-0.2, 0) is 9.53 Å². The van der Waals surface area contributed by atoms with E-state index in [0.717, 1.165) is 6.92 Å². The minimum Gasteiger partial charge on any atom is -0.453 e. The lowest BCUT2D eigenvalue weighted by Crippen LogP contribution is -2.40. The molecular weight excluding hydrogens is 221 g/mol. The first-order valence-corrected chi connectivity index (χ1v) is 5.33. The van der Waals surface area contributed by atoms with Gasteiger partial charge in [-0.1, -0.05) is 20.8 Å². The molecule has 0 aliphatic carbocycles. The Hall–Kier alpha value is -0.740. The first kappa shape index (κ1) is 15.3. The SMILES string of the molecule is CCC(C)(C(=O)OC(C)C(F)(F)F)C(C)C. The van der Waals surface area contributed by atoms with Gasteiger partial charge in [0.05, 0.1) is 5.41 Å². The van der Waals surface area contributed by atoms with Crippen molar-refractivity contribution >= 4 is 5.97 Å². The van der Waals surface area contributed by atoms with Crippen LogP contribution in [0.3, 0.4) is 0 Å². The summed E-state index contributed by atoms with van der Waals surface area (Å²) in [5, 5.41) is 0. The van der Waals surface area contributed by atoms with Gasteiger partial charge in [-0.25, -0.2) is 0 Å². The maximum atomic E-state index is 12.2. The Morgan fingerprint density at radius 3 is 1.94 bits per heavy atom. The largest absolute Gasteiger partial charge is 0.453 e. The number of carbonyl (C=O) groups excluding carboxylic acids is 1. The van der Waals surface area contributed by atoms with E-state index in [1.807, 2.05) is 0 Å². The Labute approximate surface area is 94.2 Å². The minimum atomic E-state index is -4.50. The molecule has 0 fully saturated rings. The molecule has 0 rings (SSSR count). The zero-order valence-electron chi connectivity index (χ0n) is 10.3. The molecule has 0 radical (unpaired) electrons. The Balaban J connectivity index is 4.69. The molecule has 0 N–H and O–H groups in total. The van der Waals surface area contributed by atoms with Crippen LogP contribution in [0.4, 0.5) is 13.2 Å². The van der Waals surface area contributed by atoms with Crippen LogP contribution in [-0.4, -0.2) is 18.2 Å². The van der Waals surface area contributed by atoms with E-state index in [9.17, 15) is 18.0 Å². The van der Waals surface area contributed by atoms with Crippen LogP contribution >= 0.6 is 0 Å². The highest BCUT2D eigenvalue weighted by atomic mass is 19.4. The van der Waals surface area contributed by atoms with Crippen LogP contribution in [0.2, 0.25) is 0 Å². The van der Waals surface area contributed by atoms with Crippen molar-refractivity contribution in [2.24, 2.45) is 11.3 Å². The van der Waals surface area contributed by atoms with Gasteiger partial charge < -0.3 is 4.74 Å². The second-order valence-corrected chi connectivity index (χ2v) is 4.51. The molecule has 0 aliphatic rings. The van der Waals surface area contributed by atoms with Gasteiger partial charge in [0, 0.05) is 0 Å². The molecule has 5 heteroatoms. The smallest absolute Gasteiger partial charge is 0.425 e. The summed E-state index contributed by atoms with van der Waals surface area (Å²) < 4.78 is 41.1. The molecule has 0 spiro atoms. The van der Waals surface area contributed by atoms with Gasteiger partial charge in [0.25, 0.3) is 0 Å². The van der Waals surface area contributed by atoms with Crippen molar-refractivity contribution in [3.8, 4) is 0 Å². The first-order chi connectivity index (χ1) is 7.05. The van der Waals surface area contributed by atoms with E-state index in [4.69, 9.17) is 0 Å². The number of hydrogen-bond acceptors (Lipinski definition) is 2. The van der Waals surface area contributed by atoms with Crippen molar-refractivity contribution < 1.29 is 22.7 Å². The second-order valence-electron chi connectivity index (χ2n) is 4.51. The van der Waals surface area contributed by atoms with Gasteiger partial charge in [-0.2, -0.15) is 13.2 Å². The quantitative estimate of drug-likeness (QED) is 0.702. The van der Waals surface area contributed by atoms with E-state index in [2.05, 4.69) is 4.74 Å². The number of halogens is 3. The zero-order chi connectivity index (χ0) is 13.1. The average Bonchev–Trinajstić information content (AvgIpc) is 2.14. The Morgan fingerprint density at radius 2 is 1.69 bits per heavy atom. The van der Waals surface area contributed by atoms with E-state index in [1.54, 1.807) is 27.7 Å². The van der Waals surface area contributed by atoms with Gasteiger partial charge in [-0.05, 0) is 26.2 Å². The topological polar surface area (TPSA) is 26.3 Å². The Kier molecular flexibility index (Phi) is 4.83. The number of esters is 1. The molecular formula is C11H19F3O2. The number of carbonyl (C=O) groups is 1. The van der Waals surface area contributed by atoms with Crippen molar-refractivity contribution in [3.05, 3.63) is 0 Å². The third kappa shape index (κ3) is 3.39. The molecule has 2 unspecified atom stereocenters. The standard InChI is InChI=1S/C11H19F3O2/c1-6-10(5,7(2)3)9(15)16-8(4)11(12,13)14/h7-8H,6H2,1-5H3. The lowest BCUT2D eigenvalue weighted by Gasteiger charge is -2.31. The number of alkyl halides is 3. The van der Waals surface area contributed by atoms with Gasteiger partial charge in [0.1, 0.15) is 0 Å². The van der Waals surface area contributed by atoms with Gasteiger partial charge in [-0.3, -0.25) is 4.79 Å². The number of hydrogen-bond donors (Lipinski definition) is 0. The highest BCUT2D eigenvalue weighted by Crippen LogP contribution is 2.34. The van der Waals surface area contributed by atoms with E-state index < -0.39 is 23.7 Å². The summed E-state index contributed by atoms with van der Waals surface area (Å²) in [6.45, 7) is 7.82. The van der Waals surface area contributed by atoms with Crippen molar-refractivity contribution in [3.63, 3.8) is 0 Å². The predicted molar refractivity (Wildman–Crippen MR) is 54.8 cm³/mol. The van der Waals surface area contributed by atoms with Gasteiger partial charge in [0.2, 0.25) is 0 Å². The van der Waals surface area contributed by atoms with Crippen LogP contribution in [0.5, 0.6) is 0 Å². The summed E-state index contributed by atoms with van der Waals surface area (Å²) in [7, 11) is 0. The third-order valence-electron chi connectivity index (χ3n) is 3.22. The molecule has 2 atom stereocenters. The average molecular weight is 240 g/mol. The fourth-order valence-corrected chi connectivity index (χ4v) is 1.15. The van der Waals surface area contributed by atoms with E-state index in [1.165, 1.54) is 0 Å². The molecule has 16 heavy (non-hydrogen) atoms. The number of rotatable bonds is 4. The molecule has 96 valence electrons. The fourth-order valence-electron chi connectivity index (χ4n) is 1.15. The second kappa shape index (κ2) is 5.06. The summed E-state index contributed by atoms with van der Waals surface area (Å²) in [6, 6.07) is 0. The molecule has 0 aromatic heterocycles. The van der Waals surface area contributed by atoms with Crippen molar-refractivity contribution in [1.82, 2.24) is 0 Å². The molecule has 0 heterocycles. The molecule has 0 saturated heterocycles. The summed E-state index contributed by atoms with van der Waals surface area (Å²) in [6.07, 6.45) is -6.10. The summed E-state index contributed by atoms with van der Waals surface area (Å²) in [5.41, 5.74) is -0.862. The van der Waals surface area contributed by atoms with Crippen LogP contribution in [0, 0.1) is 11.3 Å². The zero-order valence-corrected chi connectivity index (χ0v) is 10.3. The molecule has 0 saturated carbocycles. The van der Waals surface area contributed by atoms with Crippen molar-refractivity contribution in [2.75, 3.05) is 0 Å². The third-order valence-corrected chi connectivity index (χ3v) is 3.22. The highest BCUT2D eigenvalue weighted by Gasteiger charge is 2.43. The lowest BCUT2D eigenvalue weighted by atomic mass is 9.77. The van der Waals surface area contributed by atoms with Gasteiger partial charge >= 0.3 is 12.1 Å². The van der Waals surface area contributed by atoms with E-state index >= 15 is 0 Å². The van der Waals surface area contributed by atoms with Crippen LogP contribution < -0.4 is 0 Å². The van der Waals surface area contributed by atoms with E-state index in [0.29, 0.717) is 6.42 Å². The molecule has 0 bridgehead atoms. The normalized spacial score (nSPS) is 18.1. The molecule has 2 nitrogen and oxygen atoms in total. The highest BCUT2D eigenvalue weighted by molar-refractivity contribution is 5.76. The summed E-state index contributed by atoms with van der Waals surface area (Å²) in [5.74, 6) is -0.847. The van der Waals surface area contributed by atoms with Gasteiger partial charge in [-0.15, -0.1) is 0 Å². The first-order valence-electron chi connectivity index (χ1n) is 5.33. The van der Waals surface area contributed by atoms with Crippen LogP contribution in [0.25, 0.3) is 0 Å². The van der Waals surface area contributed by atoms with Crippen LogP contribution in [0.1, 0.15) is 41.0 Å². The summed E-state index contributed by atoms with van der Waals surface area (Å²) in [4.78, 5) is 11.7. The minimum absolute atomic E-state index is 0.0644. The molecule has 0 amide bonds. The monoisotopic (exact) mass is 240 g/mol. The summed E-state index contributed by atoms with van der Waals surface area (Å²) >= 11 is 0.